The molecule has 1 saturated heterocycles. The molecule has 3 N–H and O–H groups in total. The van der Waals surface area contributed by atoms with Gasteiger partial charge in [-0.25, -0.2) is 0 Å². The number of hydrogen-bond donors (Lipinski definition) is 3. The molecule has 1 aromatic heterocycles. The molecule has 0 amide bonds. The summed E-state index contributed by atoms with van der Waals surface area (Å²) in [5.74, 6) is 1.18. The van der Waals surface area contributed by atoms with Gasteiger partial charge in [-0.05, 0) is 54.5 Å². The maximum atomic E-state index is 11.0. The van der Waals surface area contributed by atoms with Crippen molar-refractivity contribution in [2.75, 3.05) is 19.6 Å². The Hall–Kier alpha value is -1.95. The summed E-state index contributed by atoms with van der Waals surface area (Å²) in [6.45, 7) is 2.44. The average Bonchev–Trinajstić information content (AvgIpc) is 3.10. The second kappa shape index (κ2) is 6.99. The Kier molecular flexibility index (Phi) is 4.69. The van der Waals surface area contributed by atoms with Crippen LogP contribution >= 0.6 is 0 Å². The molecule has 0 bridgehead atoms. The third kappa shape index (κ3) is 3.75. The number of fused-ring (bicyclic) bond motifs is 1. The molecule has 0 radical (unpaired) electrons. The third-order valence-corrected chi connectivity index (χ3v) is 5.88. The number of rotatable bonds is 5. The number of β-amino-alcohol motifs (C(OH)–C–C–N with tert-alkyl or cyclic N) is 1. The van der Waals surface area contributed by atoms with Gasteiger partial charge in [0.2, 0.25) is 0 Å². The summed E-state index contributed by atoms with van der Waals surface area (Å²) < 4.78 is 0. The van der Waals surface area contributed by atoms with Crippen LogP contribution in [-0.2, 0) is 6.42 Å². The Morgan fingerprint density at radius 3 is 2.38 bits per heavy atom. The van der Waals surface area contributed by atoms with E-state index in [0.717, 1.165) is 37.2 Å². The number of nitrogens with zero attached hydrogens (tertiary/aromatic N) is 2. The van der Waals surface area contributed by atoms with Gasteiger partial charge in [-0.15, -0.1) is 0 Å². The highest BCUT2D eigenvalue weighted by Crippen LogP contribution is 2.45. The molecule has 0 spiro atoms. The number of phenols is 1. The highest BCUT2D eigenvalue weighted by Gasteiger charge is 2.48. The fourth-order valence-corrected chi connectivity index (χ4v) is 4.74. The maximum absolute atomic E-state index is 11.0. The van der Waals surface area contributed by atoms with E-state index in [1.54, 1.807) is 30.5 Å². The third-order valence-electron chi connectivity index (χ3n) is 5.88. The van der Waals surface area contributed by atoms with Crippen LogP contribution in [0.5, 0.6) is 5.75 Å². The van der Waals surface area contributed by atoms with Gasteiger partial charge in [0.15, 0.2) is 0 Å². The van der Waals surface area contributed by atoms with Crippen molar-refractivity contribution in [1.29, 1.82) is 0 Å². The summed E-state index contributed by atoms with van der Waals surface area (Å²) in [6, 6.07) is 12.6. The second-order valence-electron chi connectivity index (χ2n) is 7.98. The fraction of sp³-hybridized carbons (Fsp3) is 0.476. The largest absolute Gasteiger partial charge is 0.508 e. The molecule has 0 unspecified atom stereocenters. The van der Waals surface area contributed by atoms with Crippen LogP contribution in [0.4, 0.5) is 0 Å². The molecule has 1 aliphatic heterocycles. The molecule has 2 fully saturated rings. The maximum Gasteiger partial charge on any atom is 0.115 e. The van der Waals surface area contributed by atoms with Crippen molar-refractivity contribution in [3.05, 3.63) is 59.9 Å². The number of aliphatic hydroxyl groups is 2. The van der Waals surface area contributed by atoms with E-state index < -0.39 is 11.7 Å². The lowest BCUT2D eigenvalue weighted by molar-refractivity contribution is 0.0320. The van der Waals surface area contributed by atoms with Gasteiger partial charge in [0.05, 0.1) is 11.7 Å². The van der Waals surface area contributed by atoms with Crippen LogP contribution in [0.1, 0.15) is 30.2 Å². The van der Waals surface area contributed by atoms with Crippen molar-refractivity contribution in [3.8, 4) is 5.75 Å². The summed E-state index contributed by atoms with van der Waals surface area (Å²) >= 11 is 0. The molecule has 3 atom stereocenters. The number of benzene rings is 1. The molecule has 138 valence electrons. The zero-order valence-electron chi connectivity index (χ0n) is 14.8. The van der Waals surface area contributed by atoms with Gasteiger partial charge in [0.1, 0.15) is 5.75 Å². The van der Waals surface area contributed by atoms with Gasteiger partial charge in [0, 0.05) is 37.9 Å². The average molecular weight is 354 g/mol. The summed E-state index contributed by atoms with van der Waals surface area (Å²) in [4.78, 5) is 6.65. The van der Waals surface area contributed by atoms with Crippen molar-refractivity contribution >= 4 is 0 Å². The Morgan fingerprint density at radius 2 is 1.77 bits per heavy atom. The molecule has 2 aromatic rings. The van der Waals surface area contributed by atoms with E-state index in [-0.39, 0.29) is 5.75 Å². The van der Waals surface area contributed by atoms with E-state index in [1.165, 1.54) is 0 Å². The summed E-state index contributed by atoms with van der Waals surface area (Å²) in [6.07, 6.45) is 3.46. The van der Waals surface area contributed by atoms with Crippen molar-refractivity contribution < 1.29 is 15.3 Å². The monoisotopic (exact) mass is 354 g/mol. The van der Waals surface area contributed by atoms with Gasteiger partial charge >= 0.3 is 0 Å². The highest BCUT2D eigenvalue weighted by molar-refractivity contribution is 5.27. The van der Waals surface area contributed by atoms with Crippen LogP contribution in [-0.4, -0.2) is 50.4 Å². The number of phenolic OH excluding ortho intramolecular Hbond substituents is 1. The zero-order valence-corrected chi connectivity index (χ0v) is 14.8. The first kappa shape index (κ1) is 17.5. The topological polar surface area (TPSA) is 76.8 Å². The molecule has 5 nitrogen and oxygen atoms in total. The quantitative estimate of drug-likeness (QED) is 0.767. The standard InChI is InChI=1S/C21H26N2O3/c24-19-6-4-15(5-7-19)20(25)14-23-12-16-9-21(26,10-17(16)13-23)11-18-3-1-2-8-22-18/h1-8,16-17,20,24-26H,9-14H2/t16-,17-,20-/m0/s1. The molecular weight excluding hydrogens is 328 g/mol. The number of hydrogen-bond acceptors (Lipinski definition) is 5. The van der Waals surface area contributed by atoms with Gasteiger partial charge < -0.3 is 15.3 Å². The minimum Gasteiger partial charge on any atom is -0.508 e. The first-order valence-electron chi connectivity index (χ1n) is 9.32. The van der Waals surface area contributed by atoms with E-state index in [2.05, 4.69) is 9.88 Å². The van der Waals surface area contributed by atoms with Crippen molar-refractivity contribution in [3.63, 3.8) is 0 Å². The molecule has 4 rings (SSSR count). The fourth-order valence-electron chi connectivity index (χ4n) is 4.74. The molecular formula is C21H26N2O3. The van der Waals surface area contributed by atoms with Gasteiger partial charge in [-0.2, -0.15) is 0 Å². The van der Waals surface area contributed by atoms with Crippen LogP contribution in [0, 0.1) is 11.8 Å². The minimum atomic E-state index is -0.647. The molecule has 1 aromatic carbocycles. The van der Waals surface area contributed by atoms with E-state index in [4.69, 9.17) is 0 Å². The van der Waals surface area contributed by atoms with E-state index >= 15 is 0 Å². The zero-order chi connectivity index (χ0) is 18.1. The molecule has 26 heavy (non-hydrogen) atoms. The Bertz CT molecular complexity index is 721. The van der Waals surface area contributed by atoms with E-state index in [1.807, 2.05) is 18.2 Å². The lowest BCUT2D eigenvalue weighted by Crippen LogP contribution is -2.33. The van der Waals surface area contributed by atoms with Gasteiger partial charge in [0.25, 0.3) is 0 Å². The van der Waals surface area contributed by atoms with Crippen molar-refractivity contribution in [2.45, 2.75) is 31.0 Å². The minimum absolute atomic E-state index is 0.212. The molecule has 1 saturated carbocycles. The summed E-state index contributed by atoms with van der Waals surface area (Å²) in [5, 5.41) is 30.8. The number of likely N-dealkylation sites (tertiary alicyclic amines) is 1. The van der Waals surface area contributed by atoms with Crippen molar-refractivity contribution in [1.82, 2.24) is 9.88 Å². The van der Waals surface area contributed by atoms with E-state index in [9.17, 15) is 15.3 Å². The highest BCUT2D eigenvalue weighted by atomic mass is 16.3. The van der Waals surface area contributed by atoms with Crippen LogP contribution in [0.3, 0.4) is 0 Å². The first-order valence-corrected chi connectivity index (χ1v) is 9.32. The van der Waals surface area contributed by atoms with Gasteiger partial charge in [-0.3, -0.25) is 9.88 Å². The summed E-state index contributed by atoms with van der Waals surface area (Å²) in [5.41, 5.74) is 1.13. The Morgan fingerprint density at radius 1 is 1.08 bits per heavy atom. The number of pyridine rings is 1. The predicted octanol–water partition coefficient (Wildman–Crippen LogP) is 2.14. The molecule has 2 heterocycles. The second-order valence-corrected chi connectivity index (χ2v) is 7.98. The Labute approximate surface area is 153 Å². The van der Waals surface area contributed by atoms with Crippen LogP contribution in [0.2, 0.25) is 0 Å². The smallest absolute Gasteiger partial charge is 0.115 e. The lowest BCUT2D eigenvalue weighted by Gasteiger charge is -2.26. The van der Waals surface area contributed by atoms with Crippen LogP contribution in [0.25, 0.3) is 0 Å². The number of aromatic hydroxyl groups is 1. The van der Waals surface area contributed by atoms with E-state index in [0.29, 0.717) is 24.8 Å². The predicted molar refractivity (Wildman–Crippen MR) is 98.6 cm³/mol. The van der Waals surface area contributed by atoms with Crippen LogP contribution in [0.15, 0.2) is 48.7 Å². The molecule has 1 aliphatic carbocycles. The normalized spacial score (nSPS) is 25.9. The first-order chi connectivity index (χ1) is 12.5. The SMILES string of the molecule is Oc1ccc([C@@H](O)CN2C[C@@H]3CC(O)(Cc4ccccn4)C[C@H]3C2)cc1. The summed E-state index contributed by atoms with van der Waals surface area (Å²) in [7, 11) is 0. The van der Waals surface area contributed by atoms with Gasteiger partial charge in [-0.1, -0.05) is 18.2 Å². The number of aliphatic hydroxyl groups excluding tert-OH is 1. The van der Waals surface area contributed by atoms with Crippen molar-refractivity contribution in [2.24, 2.45) is 11.8 Å². The van der Waals surface area contributed by atoms with Crippen LogP contribution < -0.4 is 0 Å². The lowest BCUT2D eigenvalue weighted by atomic mass is 9.93. The Balaban J connectivity index is 1.32. The molecule has 5 heteroatoms. The number of aromatic nitrogens is 1. The molecule has 2 aliphatic rings.